The number of unbranched alkanes of at least 4 members (excludes halogenated alkanes) is 11. The van der Waals surface area contributed by atoms with Crippen molar-refractivity contribution in [3.05, 3.63) is 30.3 Å². The SMILES string of the molecule is CCCCCCCCCCCCCCC(CCOc1ccccc1)OC(=O)C(CC(=O)O)S(=O)(=O)O. The van der Waals surface area contributed by atoms with E-state index in [1.54, 1.807) is 12.1 Å². The van der Waals surface area contributed by atoms with Gasteiger partial charge in [0.1, 0.15) is 11.9 Å². The summed E-state index contributed by atoms with van der Waals surface area (Å²) in [4.78, 5) is 23.4. The van der Waals surface area contributed by atoms with E-state index in [-0.39, 0.29) is 6.61 Å². The number of esters is 1. The Hall–Kier alpha value is -2.13. The monoisotopic (exact) mass is 528 g/mol. The molecule has 0 spiro atoms. The molecule has 0 amide bonds. The summed E-state index contributed by atoms with van der Waals surface area (Å²) in [6, 6.07) is 9.13. The molecule has 0 aliphatic carbocycles. The van der Waals surface area contributed by atoms with Crippen molar-refractivity contribution in [2.24, 2.45) is 0 Å². The maximum absolute atomic E-state index is 12.4. The van der Waals surface area contributed by atoms with Crippen LogP contribution in [-0.2, 0) is 24.4 Å². The minimum absolute atomic E-state index is 0.246. The molecule has 0 aromatic heterocycles. The number of carboxylic acid groups (broad SMARTS) is 1. The van der Waals surface area contributed by atoms with Gasteiger partial charge in [-0.15, -0.1) is 0 Å². The van der Waals surface area contributed by atoms with Gasteiger partial charge >= 0.3 is 11.9 Å². The van der Waals surface area contributed by atoms with E-state index in [1.807, 2.05) is 18.2 Å². The van der Waals surface area contributed by atoms with Crippen LogP contribution in [0.4, 0.5) is 0 Å². The van der Waals surface area contributed by atoms with Gasteiger partial charge in [0.05, 0.1) is 13.0 Å². The number of carbonyl (C=O) groups is 2. The smallest absolute Gasteiger partial charge is 0.327 e. The predicted octanol–water partition coefficient (Wildman–Crippen LogP) is 6.19. The van der Waals surface area contributed by atoms with E-state index < -0.39 is 39.8 Å². The van der Waals surface area contributed by atoms with Crippen LogP contribution >= 0.6 is 0 Å². The number of carbonyl (C=O) groups excluding carboxylic acids is 1. The van der Waals surface area contributed by atoms with E-state index in [4.69, 9.17) is 14.6 Å². The van der Waals surface area contributed by atoms with E-state index in [2.05, 4.69) is 6.92 Å². The van der Waals surface area contributed by atoms with Gasteiger partial charge in [0.15, 0.2) is 5.25 Å². The second-order valence-electron chi connectivity index (χ2n) is 9.29. The van der Waals surface area contributed by atoms with Gasteiger partial charge in [0.2, 0.25) is 0 Å². The molecule has 2 N–H and O–H groups in total. The Morgan fingerprint density at radius 1 is 0.833 bits per heavy atom. The van der Waals surface area contributed by atoms with Crippen LogP contribution < -0.4 is 4.74 Å². The molecule has 0 fully saturated rings. The van der Waals surface area contributed by atoms with Crippen molar-refractivity contribution < 1.29 is 37.1 Å². The molecule has 2 atom stereocenters. The Kier molecular flexibility index (Phi) is 16.9. The van der Waals surface area contributed by atoms with Gasteiger partial charge in [-0.2, -0.15) is 8.42 Å². The van der Waals surface area contributed by atoms with Crippen LogP contribution in [0.5, 0.6) is 5.75 Å². The summed E-state index contributed by atoms with van der Waals surface area (Å²) >= 11 is 0. The van der Waals surface area contributed by atoms with Crippen LogP contribution in [0.1, 0.15) is 103 Å². The summed E-state index contributed by atoms with van der Waals surface area (Å²) in [5.41, 5.74) is 0. The van der Waals surface area contributed by atoms with Crippen molar-refractivity contribution in [3.8, 4) is 5.75 Å². The van der Waals surface area contributed by atoms with Crippen molar-refractivity contribution in [1.29, 1.82) is 0 Å². The zero-order valence-corrected chi connectivity index (χ0v) is 22.4. The van der Waals surface area contributed by atoms with E-state index in [0.717, 1.165) is 25.7 Å². The minimum Gasteiger partial charge on any atom is -0.493 e. The molecule has 1 aromatic rings. The highest BCUT2D eigenvalue weighted by atomic mass is 32.2. The first-order chi connectivity index (χ1) is 17.2. The molecule has 9 heteroatoms. The molecule has 0 bridgehead atoms. The number of rotatable bonds is 22. The summed E-state index contributed by atoms with van der Waals surface area (Å²) in [7, 11) is -4.90. The van der Waals surface area contributed by atoms with Crippen LogP contribution in [0.3, 0.4) is 0 Å². The van der Waals surface area contributed by atoms with E-state index >= 15 is 0 Å². The molecule has 2 unspecified atom stereocenters. The van der Waals surface area contributed by atoms with Gasteiger partial charge in [-0.05, 0) is 25.0 Å². The first-order valence-electron chi connectivity index (χ1n) is 13.3. The van der Waals surface area contributed by atoms with Crippen molar-refractivity contribution >= 4 is 22.1 Å². The lowest BCUT2D eigenvalue weighted by Crippen LogP contribution is -2.36. The largest absolute Gasteiger partial charge is 0.493 e. The minimum atomic E-state index is -4.90. The number of ether oxygens (including phenoxy) is 2. The summed E-state index contributed by atoms with van der Waals surface area (Å²) in [6.07, 6.45) is 13.4. The average Bonchev–Trinajstić information content (AvgIpc) is 2.82. The standard InChI is InChI=1S/C27H44O8S/c1-2-3-4-5-6-7-8-9-10-11-12-14-19-24(20-21-34-23-17-15-13-16-18-23)35-27(30)25(22-26(28)29)36(31,32)33/h13,15-18,24-25H,2-12,14,19-22H2,1H3,(H,28,29)(H,31,32,33). The van der Waals surface area contributed by atoms with Gasteiger partial charge < -0.3 is 14.6 Å². The Morgan fingerprint density at radius 3 is 1.86 bits per heavy atom. The number of para-hydroxylation sites is 1. The normalized spacial score (nSPS) is 13.2. The topological polar surface area (TPSA) is 127 Å². The summed E-state index contributed by atoms with van der Waals surface area (Å²) in [5, 5.41) is 6.78. The highest BCUT2D eigenvalue weighted by Gasteiger charge is 2.36. The number of benzene rings is 1. The summed E-state index contributed by atoms with van der Waals surface area (Å²) in [5.74, 6) is -2.10. The molecule has 0 saturated carbocycles. The number of hydrogen-bond acceptors (Lipinski definition) is 6. The second kappa shape index (κ2) is 19.0. The van der Waals surface area contributed by atoms with Crippen LogP contribution in [0, 0.1) is 0 Å². The first kappa shape index (κ1) is 31.9. The molecule has 1 rings (SSSR count). The van der Waals surface area contributed by atoms with Crippen molar-refractivity contribution in [2.45, 2.75) is 115 Å². The van der Waals surface area contributed by atoms with Crippen molar-refractivity contribution in [1.82, 2.24) is 0 Å². The number of carboxylic acids is 1. The zero-order chi connectivity index (χ0) is 26.7. The molecule has 36 heavy (non-hydrogen) atoms. The fraction of sp³-hybridized carbons (Fsp3) is 0.704. The molecule has 0 aliphatic rings. The average molecular weight is 529 g/mol. The quantitative estimate of drug-likeness (QED) is 0.104. The lowest BCUT2D eigenvalue weighted by Gasteiger charge is -2.20. The highest BCUT2D eigenvalue weighted by Crippen LogP contribution is 2.18. The van der Waals surface area contributed by atoms with Crippen LogP contribution in [-0.4, -0.2) is 48.0 Å². The summed E-state index contributed by atoms with van der Waals surface area (Å²) in [6.45, 7) is 2.47. The third-order valence-electron chi connectivity index (χ3n) is 6.10. The maximum atomic E-state index is 12.4. The molecule has 0 heterocycles. The molecule has 0 aliphatic heterocycles. The fourth-order valence-corrected chi connectivity index (χ4v) is 4.66. The van der Waals surface area contributed by atoms with E-state index in [1.165, 1.54) is 51.4 Å². The Bertz CT molecular complexity index is 825. The zero-order valence-electron chi connectivity index (χ0n) is 21.6. The first-order valence-corrected chi connectivity index (χ1v) is 14.8. The molecular formula is C27H44O8S. The number of hydrogen-bond donors (Lipinski definition) is 2. The van der Waals surface area contributed by atoms with Crippen molar-refractivity contribution in [2.75, 3.05) is 6.61 Å². The van der Waals surface area contributed by atoms with Gasteiger partial charge in [-0.3, -0.25) is 14.1 Å². The third kappa shape index (κ3) is 15.8. The van der Waals surface area contributed by atoms with Crippen LogP contribution in [0.2, 0.25) is 0 Å². The van der Waals surface area contributed by atoms with Gasteiger partial charge in [0.25, 0.3) is 10.1 Å². The molecule has 8 nitrogen and oxygen atoms in total. The van der Waals surface area contributed by atoms with Gasteiger partial charge in [-0.1, -0.05) is 95.8 Å². The molecule has 206 valence electrons. The second-order valence-corrected chi connectivity index (χ2v) is 10.9. The summed E-state index contributed by atoms with van der Waals surface area (Å²) < 4.78 is 43.4. The molecule has 0 saturated heterocycles. The molecule has 0 radical (unpaired) electrons. The Balaban J connectivity index is 2.45. The third-order valence-corrected chi connectivity index (χ3v) is 7.17. The highest BCUT2D eigenvalue weighted by molar-refractivity contribution is 7.87. The molecule has 1 aromatic carbocycles. The number of aliphatic carboxylic acids is 1. The Morgan fingerprint density at radius 2 is 1.36 bits per heavy atom. The van der Waals surface area contributed by atoms with Gasteiger partial charge in [-0.25, -0.2) is 0 Å². The van der Waals surface area contributed by atoms with Crippen LogP contribution in [0.25, 0.3) is 0 Å². The lowest BCUT2D eigenvalue weighted by atomic mass is 10.0. The van der Waals surface area contributed by atoms with E-state index in [9.17, 15) is 22.6 Å². The molecular weight excluding hydrogens is 484 g/mol. The van der Waals surface area contributed by atoms with Gasteiger partial charge in [0, 0.05) is 6.42 Å². The van der Waals surface area contributed by atoms with Crippen LogP contribution in [0.15, 0.2) is 30.3 Å². The predicted molar refractivity (Wildman–Crippen MR) is 140 cm³/mol. The lowest BCUT2D eigenvalue weighted by molar-refractivity contribution is -0.152. The Labute approximate surface area is 216 Å². The van der Waals surface area contributed by atoms with Crippen molar-refractivity contribution in [3.63, 3.8) is 0 Å². The maximum Gasteiger partial charge on any atom is 0.327 e. The van der Waals surface area contributed by atoms with E-state index in [0.29, 0.717) is 18.6 Å². The fourth-order valence-electron chi connectivity index (χ4n) is 4.01.